The lowest BCUT2D eigenvalue weighted by Crippen LogP contribution is -2.26. The molecule has 0 saturated heterocycles. The molecule has 0 radical (unpaired) electrons. The zero-order valence-electron chi connectivity index (χ0n) is 20.8. The molecule has 0 saturated carbocycles. The number of benzene rings is 2. The second-order valence-electron chi connectivity index (χ2n) is 9.87. The summed E-state index contributed by atoms with van der Waals surface area (Å²) in [6.07, 6.45) is -0.370. The topological polar surface area (TPSA) is 49.8 Å². The number of ether oxygens (including phenoxy) is 1. The molecule has 2 aromatic rings. The Morgan fingerprint density at radius 1 is 0.710 bits per heavy atom. The van der Waals surface area contributed by atoms with Gasteiger partial charge in [-0.2, -0.15) is 0 Å². The third-order valence-corrected chi connectivity index (χ3v) is 5.69. The Kier molecular flexibility index (Phi) is 7.80. The molecule has 170 valence electrons. The molecule has 0 bridgehead atoms. The predicted octanol–water partition coefficient (Wildman–Crippen LogP) is 7.61. The summed E-state index contributed by atoms with van der Waals surface area (Å²) in [4.78, 5) is 13.8. The van der Waals surface area contributed by atoms with Gasteiger partial charge in [0.05, 0.1) is 0 Å². The van der Waals surface area contributed by atoms with Gasteiger partial charge in [0.25, 0.3) is 0 Å². The molecule has 0 heterocycles. The van der Waals surface area contributed by atoms with Gasteiger partial charge in [-0.25, -0.2) is 4.79 Å². The highest BCUT2D eigenvalue weighted by Gasteiger charge is 2.22. The van der Waals surface area contributed by atoms with Gasteiger partial charge in [0.15, 0.2) is 0 Å². The van der Waals surface area contributed by atoms with E-state index in [-0.39, 0.29) is 29.8 Å². The zero-order valence-corrected chi connectivity index (χ0v) is 20.8. The summed E-state index contributed by atoms with van der Waals surface area (Å²) in [6.45, 7) is 16.9. The van der Waals surface area contributed by atoms with Crippen LogP contribution < -0.4 is 4.74 Å². The molecule has 0 aliphatic rings. The largest absolute Gasteiger partial charge is 0.507 e. The second kappa shape index (κ2) is 9.76. The summed E-state index contributed by atoms with van der Waals surface area (Å²) in [5.41, 5.74) is 6.12. The highest BCUT2D eigenvalue weighted by Crippen LogP contribution is 2.42. The van der Waals surface area contributed by atoms with Crippen molar-refractivity contribution in [2.24, 2.45) is 0 Å². The van der Waals surface area contributed by atoms with E-state index in [9.17, 15) is 9.90 Å². The first kappa shape index (κ1) is 24.8. The van der Waals surface area contributed by atoms with E-state index in [0.717, 1.165) is 33.4 Å². The lowest BCUT2D eigenvalue weighted by atomic mass is 9.86. The van der Waals surface area contributed by atoms with Gasteiger partial charge >= 0.3 is 6.09 Å². The summed E-state index contributed by atoms with van der Waals surface area (Å²) < 4.78 is 5.84. The summed E-state index contributed by atoms with van der Waals surface area (Å²) in [5.74, 6) is 1.87. The molecule has 0 spiro atoms. The van der Waals surface area contributed by atoms with Crippen LogP contribution in [0, 0.1) is 0 Å². The first-order chi connectivity index (χ1) is 14.3. The molecule has 4 nitrogen and oxygen atoms in total. The molecule has 1 N–H and O–H groups in total. The fraction of sp³-hybridized carbons (Fsp3) is 0.519. The minimum atomic E-state index is -0.370. The molecule has 31 heavy (non-hydrogen) atoms. The lowest BCUT2D eigenvalue weighted by molar-refractivity contribution is 0.170. The zero-order chi connectivity index (χ0) is 23.6. The van der Waals surface area contributed by atoms with Gasteiger partial charge in [-0.3, -0.25) is 0 Å². The van der Waals surface area contributed by atoms with Crippen LogP contribution in [0.5, 0.6) is 11.5 Å². The highest BCUT2D eigenvalue weighted by atomic mass is 16.6. The van der Waals surface area contributed by atoms with Crippen molar-refractivity contribution >= 4 is 6.09 Å². The van der Waals surface area contributed by atoms with Crippen LogP contribution in [0.3, 0.4) is 0 Å². The number of aromatic hydroxyl groups is 1. The van der Waals surface area contributed by atoms with E-state index in [2.05, 4.69) is 79.7 Å². The second-order valence-corrected chi connectivity index (χ2v) is 9.87. The van der Waals surface area contributed by atoms with Gasteiger partial charge in [-0.1, -0.05) is 55.4 Å². The van der Waals surface area contributed by atoms with Crippen LogP contribution in [0.4, 0.5) is 4.79 Å². The third kappa shape index (κ3) is 5.41. The monoisotopic (exact) mass is 425 g/mol. The van der Waals surface area contributed by atoms with Gasteiger partial charge in [-0.05, 0) is 81.3 Å². The Morgan fingerprint density at radius 3 is 1.32 bits per heavy atom. The van der Waals surface area contributed by atoms with Gasteiger partial charge in [0.1, 0.15) is 11.5 Å². The van der Waals surface area contributed by atoms with Crippen LogP contribution in [0.25, 0.3) is 11.1 Å². The lowest BCUT2D eigenvalue weighted by Gasteiger charge is -2.23. The number of hydrogen-bond acceptors (Lipinski definition) is 3. The minimum Gasteiger partial charge on any atom is -0.507 e. The number of rotatable bonds is 6. The smallest absolute Gasteiger partial charge is 0.414 e. The average Bonchev–Trinajstić information content (AvgIpc) is 2.67. The average molecular weight is 426 g/mol. The number of phenolic OH excluding ortho intramolecular Hbond substituents is 1. The van der Waals surface area contributed by atoms with Crippen molar-refractivity contribution in [1.29, 1.82) is 0 Å². The SMILES string of the molecule is CC(C)c1cc(-c2cc(C(C)C)c(OC(=O)N(C)C)c(C(C)C)c2)cc(C(C)C)c1O. The van der Waals surface area contributed by atoms with E-state index in [1.54, 1.807) is 14.1 Å². The fourth-order valence-corrected chi connectivity index (χ4v) is 3.72. The number of amides is 1. The molecule has 0 fully saturated rings. The van der Waals surface area contributed by atoms with Gasteiger partial charge in [0.2, 0.25) is 0 Å². The summed E-state index contributed by atoms with van der Waals surface area (Å²) >= 11 is 0. The number of phenols is 1. The summed E-state index contributed by atoms with van der Waals surface area (Å²) in [7, 11) is 3.39. The van der Waals surface area contributed by atoms with Crippen molar-refractivity contribution in [3.8, 4) is 22.6 Å². The Balaban J connectivity index is 2.80. The normalized spacial score (nSPS) is 11.7. The molecule has 4 heteroatoms. The van der Waals surface area contributed by atoms with Crippen LogP contribution in [0.15, 0.2) is 24.3 Å². The first-order valence-corrected chi connectivity index (χ1v) is 11.3. The van der Waals surface area contributed by atoms with Crippen molar-refractivity contribution in [2.45, 2.75) is 79.1 Å². The molecule has 0 unspecified atom stereocenters. The predicted molar refractivity (Wildman–Crippen MR) is 130 cm³/mol. The van der Waals surface area contributed by atoms with Crippen LogP contribution >= 0.6 is 0 Å². The van der Waals surface area contributed by atoms with Gasteiger partial charge in [-0.15, -0.1) is 0 Å². The van der Waals surface area contributed by atoms with Crippen molar-refractivity contribution in [3.63, 3.8) is 0 Å². The van der Waals surface area contributed by atoms with Crippen LogP contribution in [-0.2, 0) is 0 Å². The van der Waals surface area contributed by atoms with Gasteiger partial charge < -0.3 is 14.7 Å². The Bertz CT molecular complexity index is 881. The Labute approximate surface area is 188 Å². The van der Waals surface area contributed by atoms with Crippen molar-refractivity contribution in [1.82, 2.24) is 4.90 Å². The van der Waals surface area contributed by atoms with Crippen molar-refractivity contribution in [3.05, 3.63) is 46.5 Å². The third-order valence-electron chi connectivity index (χ3n) is 5.69. The van der Waals surface area contributed by atoms with E-state index >= 15 is 0 Å². The van der Waals surface area contributed by atoms with E-state index in [1.165, 1.54) is 4.90 Å². The first-order valence-electron chi connectivity index (χ1n) is 11.3. The number of hydrogen-bond donors (Lipinski definition) is 1. The van der Waals surface area contributed by atoms with E-state index < -0.39 is 0 Å². The molecular formula is C27H39NO3. The van der Waals surface area contributed by atoms with Crippen molar-refractivity contribution < 1.29 is 14.6 Å². The van der Waals surface area contributed by atoms with Crippen LogP contribution in [0.2, 0.25) is 0 Å². The van der Waals surface area contributed by atoms with Crippen molar-refractivity contribution in [2.75, 3.05) is 14.1 Å². The van der Waals surface area contributed by atoms with Crippen LogP contribution in [-0.4, -0.2) is 30.2 Å². The van der Waals surface area contributed by atoms with Crippen LogP contribution in [0.1, 0.15) is 101 Å². The minimum absolute atomic E-state index is 0.189. The summed E-state index contributed by atoms with van der Waals surface area (Å²) in [5, 5.41) is 10.8. The quantitative estimate of drug-likeness (QED) is 0.518. The number of carbonyl (C=O) groups excluding carboxylic acids is 1. The molecule has 1 amide bonds. The maximum absolute atomic E-state index is 12.4. The van der Waals surface area contributed by atoms with E-state index in [0.29, 0.717) is 11.5 Å². The van der Waals surface area contributed by atoms with Gasteiger partial charge in [0, 0.05) is 14.1 Å². The van der Waals surface area contributed by atoms with E-state index in [4.69, 9.17) is 4.74 Å². The highest BCUT2D eigenvalue weighted by molar-refractivity contribution is 5.75. The molecular weight excluding hydrogens is 386 g/mol. The number of carbonyl (C=O) groups is 1. The molecule has 0 atom stereocenters. The molecule has 2 rings (SSSR count). The maximum atomic E-state index is 12.4. The fourth-order valence-electron chi connectivity index (χ4n) is 3.72. The number of nitrogens with zero attached hydrogens (tertiary/aromatic N) is 1. The Hall–Kier alpha value is -2.49. The maximum Gasteiger partial charge on any atom is 0.414 e. The Morgan fingerprint density at radius 2 is 1.03 bits per heavy atom. The standard InChI is InChI=1S/C27H39NO3/c1-15(2)21-11-19(12-22(16(3)4)25(21)29)20-13-23(17(5)6)26(24(14-20)18(7)8)31-27(30)28(9)10/h11-18,29H,1-10H3. The molecule has 0 aromatic heterocycles. The molecule has 0 aliphatic carbocycles. The molecule has 2 aromatic carbocycles. The summed E-state index contributed by atoms with van der Waals surface area (Å²) in [6, 6.07) is 8.46. The van der Waals surface area contributed by atoms with E-state index in [1.807, 2.05) is 0 Å². The molecule has 0 aliphatic heterocycles.